The molecule has 8 nitrogen and oxygen atoms in total. The van der Waals surface area contributed by atoms with Crippen molar-refractivity contribution in [3.8, 4) is 0 Å². The molecule has 0 unspecified atom stereocenters. The number of carbonyl (C=O) groups is 4. The van der Waals surface area contributed by atoms with Gasteiger partial charge in [0.2, 0.25) is 0 Å². The van der Waals surface area contributed by atoms with Crippen LogP contribution in [0, 0.1) is 10.8 Å². The molecule has 168 valence electrons. The van der Waals surface area contributed by atoms with Crippen molar-refractivity contribution in [2.24, 2.45) is 10.8 Å². The highest BCUT2D eigenvalue weighted by Crippen LogP contribution is 2.37. The second-order valence-electron chi connectivity index (χ2n) is 6.81. The third kappa shape index (κ3) is 5.70. The quantitative estimate of drug-likeness (QED) is 0.253. The fourth-order valence-corrected chi connectivity index (χ4v) is 3.22. The Morgan fingerprint density at radius 2 is 0.733 bits per heavy atom. The lowest BCUT2D eigenvalue weighted by Gasteiger charge is -2.30. The van der Waals surface area contributed by atoms with Crippen molar-refractivity contribution in [3.05, 3.63) is 24.3 Å². The third-order valence-corrected chi connectivity index (χ3v) is 4.86. The lowest BCUT2D eigenvalue weighted by atomic mass is 9.76. The van der Waals surface area contributed by atoms with Gasteiger partial charge in [0.1, 0.15) is 0 Å². The van der Waals surface area contributed by atoms with Crippen LogP contribution in [0.3, 0.4) is 0 Å². The summed E-state index contributed by atoms with van der Waals surface area (Å²) >= 11 is 0. The first kappa shape index (κ1) is 25.4. The van der Waals surface area contributed by atoms with E-state index in [1.807, 2.05) is 0 Å². The molecule has 0 bridgehead atoms. The molecule has 0 N–H and O–H groups in total. The van der Waals surface area contributed by atoms with Gasteiger partial charge < -0.3 is 18.9 Å². The highest BCUT2D eigenvalue weighted by molar-refractivity contribution is 6.01. The highest BCUT2D eigenvalue weighted by atomic mass is 16.6. The fraction of sp³-hybridized carbons (Fsp3) is 0.636. The Balaban J connectivity index is 3.31. The largest absolute Gasteiger partial charge is 0.465 e. The minimum atomic E-state index is -1.52. The zero-order valence-corrected chi connectivity index (χ0v) is 18.2. The maximum atomic E-state index is 12.7. The molecule has 0 aliphatic heterocycles. The van der Waals surface area contributed by atoms with Crippen LogP contribution in [0.25, 0.3) is 0 Å². The zero-order chi connectivity index (χ0) is 22.6. The van der Waals surface area contributed by atoms with Gasteiger partial charge in [0.15, 0.2) is 10.8 Å². The standard InChI is InChI=1S/C22H32O8/c1-5-27-17(23)21(18(24)28-6-2)13-9-11-15-22(16-12-10-14-21,19(25)29-7-3)20(26)30-8-4/h9-12H,5-8,13-16H2,1-4H3. The average Bonchev–Trinajstić information content (AvgIpc) is 2.72. The number of carbonyl (C=O) groups excluding carboxylic acids is 4. The summed E-state index contributed by atoms with van der Waals surface area (Å²) in [6, 6.07) is 0. The normalized spacial score (nSPS) is 17.5. The van der Waals surface area contributed by atoms with E-state index < -0.39 is 34.7 Å². The number of allylic oxidation sites excluding steroid dienone is 4. The summed E-state index contributed by atoms with van der Waals surface area (Å²) in [6.45, 7) is 7.16. The molecule has 30 heavy (non-hydrogen) atoms. The molecule has 0 aromatic rings. The Labute approximate surface area is 177 Å². The Hall–Kier alpha value is -2.64. The third-order valence-electron chi connectivity index (χ3n) is 4.86. The first-order valence-electron chi connectivity index (χ1n) is 10.3. The van der Waals surface area contributed by atoms with Crippen molar-refractivity contribution in [2.45, 2.75) is 53.4 Å². The van der Waals surface area contributed by atoms with Crippen molar-refractivity contribution in [1.82, 2.24) is 0 Å². The van der Waals surface area contributed by atoms with Gasteiger partial charge in [-0.1, -0.05) is 24.3 Å². The van der Waals surface area contributed by atoms with E-state index in [1.165, 1.54) is 0 Å². The predicted molar refractivity (Wildman–Crippen MR) is 108 cm³/mol. The molecule has 0 spiro atoms. The Morgan fingerprint density at radius 1 is 0.533 bits per heavy atom. The van der Waals surface area contributed by atoms with Crippen molar-refractivity contribution in [3.63, 3.8) is 0 Å². The van der Waals surface area contributed by atoms with Gasteiger partial charge in [-0.25, -0.2) is 0 Å². The van der Waals surface area contributed by atoms with Gasteiger partial charge >= 0.3 is 23.9 Å². The molecule has 1 aliphatic carbocycles. The SMILES string of the molecule is CCOC(=O)C1(C(=O)OCC)CC=CCC(C(=O)OCC)(C(=O)OCC)CC=CC1. The summed E-state index contributed by atoms with van der Waals surface area (Å²) in [5.74, 6) is -2.67. The molecular formula is C22H32O8. The van der Waals surface area contributed by atoms with Crippen LogP contribution in [-0.2, 0) is 38.1 Å². The Bertz CT molecular complexity index is 563. The van der Waals surface area contributed by atoms with E-state index in [9.17, 15) is 19.2 Å². The van der Waals surface area contributed by atoms with Crippen molar-refractivity contribution in [2.75, 3.05) is 26.4 Å². The van der Waals surface area contributed by atoms with E-state index in [-0.39, 0.29) is 52.1 Å². The molecule has 0 atom stereocenters. The van der Waals surface area contributed by atoms with E-state index in [2.05, 4.69) is 0 Å². The molecule has 0 aromatic carbocycles. The number of hydrogen-bond acceptors (Lipinski definition) is 8. The van der Waals surface area contributed by atoms with E-state index in [0.29, 0.717) is 0 Å². The summed E-state index contributed by atoms with van der Waals surface area (Å²) in [6.07, 6.45) is 6.43. The summed E-state index contributed by atoms with van der Waals surface area (Å²) in [4.78, 5) is 50.7. The van der Waals surface area contributed by atoms with Gasteiger partial charge in [0.25, 0.3) is 0 Å². The maximum Gasteiger partial charge on any atom is 0.324 e. The number of hydrogen-bond donors (Lipinski definition) is 0. The van der Waals surface area contributed by atoms with Gasteiger partial charge in [0.05, 0.1) is 26.4 Å². The van der Waals surface area contributed by atoms with Crippen LogP contribution in [0.1, 0.15) is 53.4 Å². The van der Waals surface area contributed by atoms with Crippen molar-refractivity contribution >= 4 is 23.9 Å². The van der Waals surface area contributed by atoms with E-state index >= 15 is 0 Å². The molecule has 0 amide bonds. The molecular weight excluding hydrogens is 392 g/mol. The molecule has 0 fully saturated rings. The average molecular weight is 424 g/mol. The van der Waals surface area contributed by atoms with E-state index in [1.54, 1.807) is 52.0 Å². The van der Waals surface area contributed by atoms with Crippen molar-refractivity contribution in [1.29, 1.82) is 0 Å². The van der Waals surface area contributed by atoms with Crippen LogP contribution in [0.2, 0.25) is 0 Å². The van der Waals surface area contributed by atoms with Crippen LogP contribution >= 0.6 is 0 Å². The van der Waals surface area contributed by atoms with Crippen LogP contribution < -0.4 is 0 Å². The number of esters is 4. The van der Waals surface area contributed by atoms with Crippen LogP contribution in [0.15, 0.2) is 24.3 Å². The van der Waals surface area contributed by atoms with E-state index in [4.69, 9.17) is 18.9 Å². The molecule has 1 rings (SSSR count). The molecule has 0 radical (unpaired) electrons. The van der Waals surface area contributed by atoms with Gasteiger partial charge in [-0.05, 0) is 53.4 Å². The number of rotatable bonds is 8. The fourth-order valence-electron chi connectivity index (χ4n) is 3.22. The zero-order valence-electron chi connectivity index (χ0n) is 18.2. The van der Waals surface area contributed by atoms with Crippen LogP contribution in [0.4, 0.5) is 0 Å². The van der Waals surface area contributed by atoms with Gasteiger partial charge in [-0.3, -0.25) is 19.2 Å². The summed E-state index contributed by atoms with van der Waals surface area (Å²) in [5.41, 5.74) is -3.04. The molecule has 0 aromatic heterocycles. The lowest BCUT2D eigenvalue weighted by molar-refractivity contribution is -0.174. The summed E-state index contributed by atoms with van der Waals surface area (Å²) in [5, 5.41) is 0. The Kier molecular flexibility index (Phi) is 10.3. The second-order valence-corrected chi connectivity index (χ2v) is 6.81. The van der Waals surface area contributed by atoms with Crippen LogP contribution in [-0.4, -0.2) is 50.3 Å². The molecule has 0 saturated heterocycles. The number of ether oxygens (including phenoxy) is 4. The van der Waals surface area contributed by atoms with Crippen LogP contribution in [0.5, 0.6) is 0 Å². The smallest absolute Gasteiger partial charge is 0.324 e. The monoisotopic (exact) mass is 424 g/mol. The van der Waals surface area contributed by atoms with E-state index in [0.717, 1.165) is 0 Å². The molecule has 0 heterocycles. The first-order valence-corrected chi connectivity index (χ1v) is 10.3. The van der Waals surface area contributed by atoms with Gasteiger partial charge in [-0.2, -0.15) is 0 Å². The second kappa shape index (κ2) is 12.1. The molecule has 8 heteroatoms. The van der Waals surface area contributed by atoms with Gasteiger partial charge in [-0.15, -0.1) is 0 Å². The topological polar surface area (TPSA) is 105 Å². The minimum Gasteiger partial charge on any atom is -0.465 e. The Morgan fingerprint density at radius 3 is 0.900 bits per heavy atom. The summed E-state index contributed by atoms with van der Waals surface area (Å²) < 4.78 is 20.6. The maximum absolute atomic E-state index is 12.7. The predicted octanol–water partition coefficient (Wildman–Crippen LogP) is 2.90. The minimum absolute atomic E-state index is 0.0107. The highest BCUT2D eigenvalue weighted by Gasteiger charge is 2.49. The van der Waals surface area contributed by atoms with Crippen molar-refractivity contribution < 1.29 is 38.1 Å². The molecule has 0 saturated carbocycles. The first-order chi connectivity index (χ1) is 14.3. The lowest BCUT2D eigenvalue weighted by Crippen LogP contribution is -2.43. The van der Waals surface area contributed by atoms with Gasteiger partial charge in [0, 0.05) is 0 Å². The molecule has 1 aliphatic rings. The summed E-state index contributed by atoms with van der Waals surface area (Å²) in [7, 11) is 0.